The Morgan fingerprint density at radius 1 is 1.35 bits per heavy atom. The molecule has 0 saturated heterocycles. The summed E-state index contributed by atoms with van der Waals surface area (Å²) in [6.45, 7) is 4.73. The molecule has 0 aliphatic carbocycles. The average Bonchev–Trinajstić information content (AvgIpc) is 3.28. The maximum Gasteiger partial charge on any atom is 0.271 e. The van der Waals surface area contributed by atoms with Crippen LogP contribution in [0.25, 0.3) is 0 Å². The SMILES string of the molecule is CNC[C@H]1Oc2ccc(NS(=O)(=O)c3cccs3)cc2CC(=O)N([C@@H](C)CO)C[C@H]1C. The molecule has 3 rings (SSSR count). The fourth-order valence-electron chi connectivity index (χ4n) is 3.56. The number of anilines is 1. The third kappa shape index (κ3) is 5.57. The van der Waals surface area contributed by atoms with Gasteiger partial charge in [0.2, 0.25) is 5.91 Å². The van der Waals surface area contributed by atoms with E-state index in [0.717, 1.165) is 11.3 Å². The highest BCUT2D eigenvalue weighted by molar-refractivity contribution is 7.94. The van der Waals surface area contributed by atoms with Crippen LogP contribution >= 0.6 is 11.3 Å². The van der Waals surface area contributed by atoms with E-state index in [0.29, 0.717) is 30.1 Å². The first-order valence-electron chi connectivity index (χ1n) is 10.2. The summed E-state index contributed by atoms with van der Waals surface area (Å²) in [6, 6.07) is 7.88. The quantitative estimate of drug-likeness (QED) is 0.574. The fourth-order valence-corrected chi connectivity index (χ4v) is 5.60. The highest BCUT2D eigenvalue weighted by atomic mass is 32.2. The minimum Gasteiger partial charge on any atom is -0.488 e. The van der Waals surface area contributed by atoms with Gasteiger partial charge in [-0.3, -0.25) is 9.52 Å². The molecule has 3 atom stereocenters. The molecule has 8 nitrogen and oxygen atoms in total. The van der Waals surface area contributed by atoms with Gasteiger partial charge in [-0.15, -0.1) is 11.3 Å². The summed E-state index contributed by atoms with van der Waals surface area (Å²) >= 11 is 1.13. The van der Waals surface area contributed by atoms with E-state index in [1.807, 2.05) is 20.9 Å². The van der Waals surface area contributed by atoms with Crippen LogP contribution in [-0.2, 0) is 21.2 Å². The second kappa shape index (κ2) is 9.99. The molecule has 10 heteroatoms. The van der Waals surface area contributed by atoms with E-state index in [2.05, 4.69) is 10.0 Å². The Hall–Kier alpha value is -2.14. The first-order chi connectivity index (χ1) is 14.7. The number of fused-ring (bicyclic) bond motifs is 1. The summed E-state index contributed by atoms with van der Waals surface area (Å²) < 4.78 is 34.2. The van der Waals surface area contributed by atoms with E-state index >= 15 is 0 Å². The molecule has 0 saturated carbocycles. The molecule has 3 N–H and O–H groups in total. The third-order valence-electron chi connectivity index (χ3n) is 5.33. The third-order valence-corrected chi connectivity index (χ3v) is 8.11. The van der Waals surface area contributed by atoms with E-state index < -0.39 is 10.0 Å². The summed E-state index contributed by atoms with van der Waals surface area (Å²) in [5, 5.41) is 14.5. The first-order valence-corrected chi connectivity index (χ1v) is 12.5. The van der Waals surface area contributed by atoms with Crippen LogP contribution in [0.4, 0.5) is 5.69 Å². The minimum atomic E-state index is -3.70. The second-order valence-electron chi connectivity index (χ2n) is 7.81. The lowest BCUT2D eigenvalue weighted by Gasteiger charge is -2.32. The van der Waals surface area contributed by atoms with Crippen molar-refractivity contribution in [2.45, 2.75) is 36.6 Å². The van der Waals surface area contributed by atoms with Gasteiger partial charge in [0.1, 0.15) is 16.1 Å². The van der Waals surface area contributed by atoms with Crippen molar-refractivity contribution in [3.05, 3.63) is 41.3 Å². The number of nitrogens with one attached hydrogen (secondary N) is 2. The number of likely N-dealkylation sites (N-methyl/N-ethyl adjacent to an activating group) is 1. The summed E-state index contributed by atoms with van der Waals surface area (Å²) in [5.41, 5.74) is 0.962. The Balaban J connectivity index is 1.96. The van der Waals surface area contributed by atoms with Gasteiger partial charge < -0.3 is 20.1 Å². The van der Waals surface area contributed by atoms with E-state index in [-0.39, 0.29) is 41.2 Å². The molecule has 1 aromatic carbocycles. The molecule has 1 aliphatic heterocycles. The van der Waals surface area contributed by atoms with Crippen LogP contribution in [0.15, 0.2) is 39.9 Å². The van der Waals surface area contributed by atoms with Crippen molar-refractivity contribution in [1.82, 2.24) is 10.2 Å². The molecule has 170 valence electrons. The molecule has 2 aromatic rings. The molecule has 1 amide bonds. The van der Waals surface area contributed by atoms with Gasteiger partial charge in [0, 0.05) is 30.3 Å². The maximum absolute atomic E-state index is 13.1. The number of aliphatic hydroxyl groups excluding tert-OH is 1. The Morgan fingerprint density at radius 3 is 2.77 bits per heavy atom. The number of carbonyl (C=O) groups excluding carboxylic acids is 1. The molecule has 31 heavy (non-hydrogen) atoms. The number of sulfonamides is 1. The van der Waals surface area contributed by atoms with Gasteiger partial charge in [-0.05, 0) is 43.6 Å². The standard InChI is InChI=1S/C21H29N3O5S2/c1-14-12-24(15(2)13-25)20(26)10-16-9-17(6-7-18(16)29-19(14)11-22-3)23-31(27,28)21-5-4-8-30-21/h4-9,14-15,19,22-23,25H,10-13H2,1-3H3/t14-,15+,19-/m1/s1. The van der Waals surface area contributed by atoms with Crippen molar-refractivity contribution < 1.29 is 23.1 Å². The number of nitrogens with zero attached hydrogens (tertiary/aromatic N) is 1. The predicted molar refractivity (Wildman–Crippen MR) is 121 cm³/mol. The van der Waals surface area contributed by atoms with Crippen molar-refractivity contribution in [3.63, 3.8) is 0 Å². The van der Waals surface area contributed by atoms with Gasteiger partial charge in [-0.2, -0.15) is 0 Å². The zero-order valence-corrected chi connectivity index (χ0v) is 19.5. The Morgan fingerprint density at radius 2 is 2.13 bits per heavy atom. The van der Waals surface area contributed by atoms with Crippen molar-refractivity contribution >= 4 is 33.0 Å². The highest BCUT2D eigenvalue weighted by Crippen LogP contribution is 2.30. The van der Waals surface area contributed by atoms with Crippen LogP contribution in [0.1, 0.15) is 19.4 Å². The van der Waals surface area contributed by atoms with Crippen molar-refractivity contribution in [2.24, 2.45) is 5.92 Å². The lowest BCUT2D eigenvalue weighted by molar-refractivity contribution is -0.134. The number of thiophene rings is 1. The fraction of sp³-hybridized carbons (Fsp3) is 0.476. The number of carbonyl (C=O) groups is 1. The van der Waals surface area contributed by atoms with Gasteiger partial charge in [-0.1, -0.05) is 13.0 Å². The second-order valence-corrected chi connectivity index (χ2v) is 10.7. The maximum atomic E-state index is 13.1. The van der Waals surface area contributed by atoms with Gasteiger partial charge in [-0.25, -0.2) is 8.42 Å². The lowest BCUT2D eigenvalue weighted by atomic mass is 10.0. The van der Waals surface area contributed by atoms with Crippen LogP contribution in [0.5, 0.6) is 5.75 Å². The zero-order valence-electron chi connectivity index (χ0n) is 17.9. The predicted octanol–water partition coefficient (Wildman–Crippen LogP) is 1.92. The summed E-state index contributed by atoms with van der Waals surface area (Å²) in [7, 11) is -1.86. The van der Waals surface area contributed by atoms with E-state index in [1.165, 1.54) is 6.07 Å². The van der Waals surface area contributed by atoms with Crippen molar-refractivity contribution in [2.75, 3.05) is 31.5 Å². The smallest absolute Gasteiger partial charge is 0.271 e. The van der Waals surface area contributed by atoms with Crippen molar-refractivity contribution in [3.8, 4) is 5.75 Å². The number of aliphatic hydroxyl groups is 1. The van der Waals surface area contributed by atoms with E-state index in [4.69, 9.17) is 4.74 Å². The molecular weight excluding hydrogens is 438 g/mol. The van der Waals surface area contributed by atoms with E-state index in [1.54, 1.807) is 34.5 Å². The first kappa shape index (κ1) is 23.5. The highest BCUT2D eigenvalue weighted by Gasteiger charge is 2.30. The van der Waals surface area contributed by atoms with Crippen LogP contribution < -0.4 is 14.8 Å². The topological polar surface area (TPSA) is 108 Å². The summed E-state index contributed by atoms with van der Waals surface area (Å²) in [5.74, 6) is 0.438. The normalized spacial score (nSPS) is 20.8. The minimum absolute atomic E-state index is 0.0216. The Kier molecular flexibility index (Phi) is 7.58. The number of hydrogen-bond donors (Lipinski definition) is 3. The number of benzene rings is 1. The van der Waals surface area contributed by atoms with Gasteiger partial charge in [0.05, 0.1) is 19.1 Å². The van der Waals surface area contributed by atoms with E-state index in [9.17, 15) is 18.3 Å². The number of amides is 1. The molecular formula is C21H29N3O5S2. The lowest BCUT2D eigenvalue weighted by Crippen LogP contribution is -2.47. The molecule has 0 spiro atoms. The molecule has 0 radical (unpaired) electrons. The van der Waals surface area contributed by atoms with Crippen molar-refractivity contribution in [1.29, 1.82) is 0 Å². The van der Waals surface area contributed by atoms with Crippen LogP contribution in [-0.4, -0.2) is 63.2 Å². The molecule has 1 aliphatic rings. The monoisotopic (exact) mass is 467 g/mol. The molecule has 0 unspecified atom stereocenters. The Labute approximate surface area is 187 Å². The van der Waals surface area contributed by atoms with Crippen LogP contribution in [0.2, 0.25) is 0 Å². The van der Waals surface area contributed by atoms with Gasteiger partial charge in [0.15, 0.2) is 0 Å². The zero-order chi connectivity index (χ0) is 22.6. The summed E-state index contributed by atoms with van der Waals surface area (Å²) in [6.07, 6.45) is -0.149. The van der Waals surface area contributed by atoms with Gasteiger partial charge >= 0.3 is 0 Å². The number of ether oxygens (including phenoxy) is 1. The molecule has 2 heterocycles. The molecule has 1 aromatic heterocycles. The van der Waals surface area contributed by atoms with Crippen LogP contribution in [0, 0.1) is 5.92 Å². The number of rotatable bonds is 7. The average molecular weight is 468 g/mol. The van der Waals surface area contributed by atoms with Gasteiger partial charge in [0.25, 0.3) is 10.0 Å². The number of hydrogen-bond acceptors (Lipinski definition) is 7. The summed E-state index contributed by atoms with van der Waals surface area (Å²) in [4.78, 5) is 14.8. The van der Waals surface area contributed by atoms with Crippen LogP contribution in [0.3, 0.4) is 0 Å². The molecule has 0 bridgehead atoms. The molecule has 0 fully saturated rings. The largest absolute Gasteiger partial charge is 0.488 e. The Bertz CT molecular complexity index is 994.